The Labute approximate surface area is 187 Å². The monoisotopic (exact) mass is 427 g/mol. The lowest BCUT2D eigenvalue weighted by atomic mass is 9.99. The van der Waals surface area contributed by atoms with Gasteiger partial charge < -0.3 is 10.1 Å². The third-order valence-electron chi connectivity index (χ3n) is 5.56. The minimum atomic E-state index is -1.01. The number of carbonyl (C=O) groups excluding carboxylic acids is 2. The molecular formula is C26H25N3O3. The quantitative estimate of drug-likeness (QED) is 0.619. The summed E-state index contributed by atoms with van der Waals surface area (Å²) in [5, 5.41) is 8.85. The summed E-state index contributed by atoms with van der Waals surface area (Å²) in [6, 6.07) is 24.3. The average Bonchev–Trinajstić information content (AvgIpc) is 3.22. The van der Waals surface area contributed by atoms with Crippen LogP contribution in [-0.4, -0.2) is 22.7 Å². The number of benzene rings is 3. The van der Waals surface area contributed by atoms with Gasteiger partial charge in [-0.3, -0.25) is 9.59 Å². The summed E-state index contributed by atoms with van der Waals surface area (Å²) >= 11 is 0. The van der Waals surface area contributed by atoms with Crippen molar-refractivity contribution in [3.8, 4) is 0 Å². The molecule has 2 amide bonds. The Morgan fingerprint density at radius 3 is 2.41 bits per heavy atom. The number of amides is 2. The molecule has 0 aliphatic carbocycles. The van der Waals surface area contributed by atoms with E-state index < -0.39 is 5.72 Å². The zero-order valence-corrected chi connectivity index (χ0v) is 18.3. The van der Waals surface area contributed by atoms with Gasteiger partial charge in [0.2, 0.25) is 17.5 Å². The molecule has 1 heterocycles. The van der Waals surface area contributed by atoms with E-state index >= 15 is 0 Å². The summed E-state index contributed by atoms with van der Waals surface area (Å²) in [7, 11) is 0. The Morgan fingerprint density at radius 1 is 1.00 bits per heavy atom. The Morgan fingerprint density at radius 2 is 1.72 bits per heavy atom. The topological polar surface area (TPSA) is 71.0 Å². The fraction of sp³-hybridized carbons (Fsp3) is 0.192. The minimum Gasteiger partial charge on any atom is -0.443 e. The Hall–Kier alpha value is -3.93. The maximum Gasteiger partial charge on any atom is 0.255 e. The second-order valence-electron chi connectivity index (χ2n) is 7.69. The minimum absolute atomic E-state index is 0.188. The number of ether oxygens (including phenoxy) is 1. The van der Waals surface area contributed by atoms with Gasteiger partial charge in [0.15, 0.2) is 0 Å². The first-order valence-corrected chi connectivity index (χ1v) is 10.6. The van der Waals surface area contributed by atoms with Gasteiger partial charge in [-0.05, 0) is 36.8 Å². The van der Waals surface area contributed by atoms with E-state index in [9.17, 15) is 9.59 Å². The van der Waals surface area contributed by atoms with Gasteiger partial charge in [-0.2, -0.15) is 5.01 Å². The molecule has 3 aromatic rings. The predicted octanol–water partition coefficient (Wildman–Crippen LogP) is 5.05. The molecule has 32 heavy (non-hydrogen) atoms. The largest absolute Gasteiger partial charge is 0.443 e. The number of hydrogen-bond donors (Lipinski definition) is 1. The molecule has 6 heteroatoms. The average molecular weight is 428 g/mol. The second-order valence-corrected chi connectivity index (χ2v) is 7.69. The Balaban J connectivity index is 1.64. The lowest BCUT2D eigenvalue weighted by molar-refractivity contribution is -0.149. The molecule has 0 aromatic heterocycles. The number of rotatable bonds is 5. The van der Waals surface area contributed by atoms with E-state index in [4.69, 9.17) is 4.74 Å². The smallest absolute Gasteiger partial charge is 0.255 e. The van der Waals surface area contributed by atoms with Crippen molar-refractivity contribution in [1.82, 2.24) is 5.01 Å². The molecule has 162 valence electrons. The van der Waals surface area contributed by atoms with E-state index in [1.807, 2.05) is 80.6 Å². The van der Waals surface area contributed by atoms with Gasteiger partial charge in [0.05, 0.1) is 0 Å². The van der Waals surface area contributed by atoms with Crippen LogP contribution in [0.25, 0.3) is 0 Å². The fourth-order valence-electron chi connectivity index (χ4n) is 3.90. The summed E-state index contributed by atoms with van der Waals surface area (Å²) in [5.74, 6) is -0.0697. The first kappa shape index (κ1) is 21.3. The number of nitrogens with one attached hydrogen (secondary N) is 1. The highest BCUT2D eigenvalue weighted by atomic mass is 16.6. The Bertz CT molecular complexity index is 1190. The molecule has 0 saturated heterocycles. The molecule has 3 aromatic carbocycles. The van der Waals surface area contributed by atoms with E-state index in [0.29, 0.717) is 29.1 Å². The summed E-state index contributed by atoms with van der Waals surface area (Å²) in [6.07, 6.45) is 0.521. The Kier molecular flexibility index (Phi) is 5.77. The fourth-order valence-corrected chi connectivity index (χ4v) is 3.90. The molecular weight excluding hydrogens is 402 g/mol. The number of hydrazone groups is 1. The molecule has 1 atom stereocenters. The molecule has 1 N–H and O–H groups in total. The molecule has 0 bridgehead atoms. The van der Waals surface area contributed by atoms with Gasteiger partial charge in [-0.15, -0.1) is 5.10 Å². The van der Waals surface area contributed by atoms with E-state index in [0.717, 1.165) is 11.1 Å². The summed E-state index contributed by atoms with van der Waals surface area (Å²) in [4.78, 5) is 25.2. The lowest BCUT2D eigenvalue weighted by Crippen LogP contribution is -2.43. The van der Waals surface area contributed by atoms with Crippen LogP contribution >= 0.6 is 0 Å². The molecule has 0 saturated carbocycles. The van der Waals surface area contributed by atoms with Crippen LogP contribution in [0.4, 0.5) is 5.69 Å². The molecule has 1 aliphatic heterocycles. The van der Waals surface area contributed by atoms with Crippen molar-refractivity contribution >= 4 is 23.4 Å². The van der Waals surface area contributed by atoms with Crippen LogP contribution in [0.15, 0.2) is 84.0 Å². The summed E-state index contributed by atoms with van der Waals surface area (Å²) < 4.78 is 6.35. The van der Waals surface area contributed by atoms with Gasteiger partial charge in [0.1, 0.15) is 0 Å². The van der Waals surface area contributed by atoms with Gasteiger partial charge in [0.25, 0.3) is 5.91 Å². The van der Waals surface area contributed by atoms with Crippen molar-refractivity contribution in [2.45, 2.75) is 32.9 Å². The van der Waals surface area contributed by atoms with Gasteiger partial charge in [0, 0.05) is 35.7 Å². The van der Waals surface area contributed by atoms with Crippen molar-refractivity contribution in [2.24, 2.45) is 5.10 Å². The van der Waals surface area contributed by atoms with E-state index in [2.05, 4.69) is 10.4 Å². The first-order valence-electron chi connectivity index (χ1n) is 10.6. The van der Waals surface area contributed by atoms with Crippen molar-refractivity contribution in [3.05, 3.63) is 101 Å². The normalized spacial score (nSPS) is 17.5. The van der Waals surface area contributed by atoms with E-state index in [1.165, 1.54) is 11.9 Å². The number of anilines is 1. The van der Waals surface area contributed by atoms with Crippen molar-refractivity contribution in [2.75, 3.05) is 5.32 Å². The number of nitrogens with zero attached hydrogens (tertiary/aromatic N) is 2. The van der Waals surface area contributed by atoms with Crippen molar-refractivity contribution in [1.29, 1.82) is 0 Å². The lowest BCUT2D eigenvalue weighted by Gasteiger charge is -2.33. The molecule has 1 aliphatic rings. The van der Waals surface area contributed by atoms with Crippen LogP contribution in [0.2, 0.25) is 0 Å². The highest BCUT2D eigenvalue weighted by Gasteiger charge is 2.47. The first-order chi connectivity index (χ1) is 15.4. The van der Waals surface area contributed by atoms with Gasteiger partial charge >= 0.3 is 0 Å². The van der Waals surface area contributed by atoms with Crippen LogP contribution in [-0.2, 0) is 15.3 Å². The number of hydrogen-bond acceptors (Lipinski definition) is 4. The van der Waals surface area contributed by atoms with Crippen LogP contribution in [0.1, 0.15) is 47.3 Å². The zero-order valence-electron chi connectivity index (χ0n) is 18.3. The molecule has 4 rings (SSSR count). The van der Waals surface area contributed by atoms with Crippen LogP contribution in [0, 0.1) is 6.92 Å². The number of aryl methyl sites for hydroxylation is 1. The summed E-state index contributed by atoms with van der Waals surface area (Å²) in [5.41, 5.74) is 2.64. The molecule has 0 radical (unpaired) electrons. The molecule has 6 nitrogen and oxygen atoms in total. The second kappa shape index (κ2) is 8.67. The molecule has 0 spiro atoms. The molecule has 0 fully saturated rings. The molecule has 0 unspecified atom stereocenters. The van der Waals surface area contributed by atoms with Crippen LogP contribution in [0.3, 0.4) is 0 Å². The van der Waals surface area contributed by atoms with E-state index in [1.54, 1.807) is 12.1 Å². The highest BCUT2D eigenvalue weighted by molar-refractivity contribution is 6.06. The SMILES string of the molecule is CC[C@]1(c2ccccc2)OC(c2cccc(NC(=O)c3ccccc3C)c2)=NN1C(C)=O. The van der Waals surface area contributed by atoms with Crippen molar-refractivity contribution in [3.63, 3.8) is 0 Å². The van der Waals surface area contributed by atoms with Gasteiger partial charge in [-0.25, -0.2) is 0 Å². The third kappa shape index (κ3) is 3.87. The van der Waals surface area contributed by atoms with Crippen molar-refractivity contribution < 1.29 is 14.3 Å². The van der Waals surface area contributed by atoms with Crippen LogP contribution < -0.4 is 5.32 Å². The maximum atomic E-state index is 12.7. The third-order valence-corrected chi connectivity index (χ3v) is 5.56. The van der Waals surface area contributed by atoms with Gasteiger partial charge in [-0.1, -0.05) is 61.5 Å². The maximum absolute atomic E-state index is 12.7. The predicted molar refractivity (Wildman–Crippen MR) is 124 cm³/mol. The standard InChI is InChI=1S/C26H25N3O3/c1-4-26(21-13-6-5-7-14-21)29(19(3)30)28-25(32-26)20-12-10-15-22(17-20)27-24(31)23-16-9-8-11-18(23)2/h5-17H,4H2,1-3H3,(H,27,31)/t26-/m1/s1. The van der Waals surface area contributed by atoms with E-state index in [-0.39, 0.29) is 11.8 Å². The zero-order chi connectivity index (χ0) is 22.7. The van der Waals surface area contributed by atoms with Crippen LogP contribution in [0.5, 0.6) is 0 Å². The number of carbonyl (C=O) groups is 2. The highest BCUT2D eigenvalue weighted by Crippen LogP contribution is 2.39. The summed E-state index contributed by atoms with van der Waals surface area (Å²) in [6.45, 7) is 5.33.